The van der Waals surface area contributed by atoms with Crippen molar-refractivity contribution in [1.29, 1.82) is 5.26 Å². The van der Waals surface area contributed by atoms with Crippen LogP contribution in [0.3, 0.4) is 0 Å². The Kier molecular flexibility index (Phi) is 5.83. The molecular weight excluding hydrogens is 322 g/mol. The van der Waals surface area contributed by atoms with Crippen LogP contribution in [0.15, 0.2) is 6.07 Å². The molecule has 0 atom stereocenters. The van der Waals surface area contributed by atoms with Crippen molar-refractivity contribution in [3.63, 3.8) is 0 Å². The maximum atomic E-state index is 13.0. The van der Waals surface area contributed by atoms with Crippen LogP contribution >= 0.6 is 15.9 Å². The van der Waals surface area contributed by atoms with E-state index in [0.29, 0.717) is 5.69 Å². The molecule has 102 valence electrons. The Morgan fingerprint density at radius 2 is 2.32 bits per heavy atom. The highest BCUT2D eigenvalue weighted by Crippen LogP contribution is 2.27. The van der Waals surface area contributed by atoms with E-state index in [-0.39, 0.29) is 35.2 Å². The maximum Gasteiger partial charge on any atom is 0.310 e. The number of esters is 1. The summed E-state index contributed by atoms with van der Waals surface area (Å²) in [6.45, 7) is 1.76. The topological polar surface area (TPSA) is 63.0 Å². The molecule has 0 spiro atoms. The summed E-state index contributed by atoms with van der Waals surface area (Å²) in [6, 6.07) is 2.93. The van der Waals surface area contributed by atoms with Gasteiger partial charge in [0.05, 0.1) is 18.7 Å². The lowest BCUT2D eigenvalue weighted by atomic mass is 10.0. The third-order valence-corrected chi connectivity index (χ3v) is 2.89. The molecule has 0 aliphatic carbocycles. The van der Waals surface area contributed by atoms with Crippen molar-refractivity contribution in [3.8, 4) is 6.07 Å². The SMILES string of the molecule is CCOC(=O)Cc1c(C(F)F)cc(CBr)nc1C#N. The van der Waals surface area contributed by atoms with Gasteiger partial charge in [0.1, 0.15) is 11.8 Å². The van der Waals surface area contributed by atoms with Crippen LogP contribution in [0.1, 0.15) is 35.9 Å². The first kappa shape index (κ1) is 15.5. The van der Waals surface area contributed by atoms with Gasteiger partial charge in [0.15, 0.2) is 0 Å². The number of ether oxygens (including phenoxy) is 1. The molecule has 19 heavy (non-hydrogen) atoms. The van der Waals surface area contributed by atoms with E-state index in [1.165, 1.54) is 6.07 Å². The first-order valence-corrected chi connectivity index (χ1v) is 6.58. The number of hydrogen-bond acceptors (Lipinski definition) is 4. The Morgan fingerprint density at radius 3 is 2.79 bits per heavy atom. The minimum Gasteiger partial charge on any atom is -0.466 e. The standard InChI is InChI=1S/C12H11BrF2N2O2/c1-2-19-11(18)4-8-9(12(14)15)3-7(5-13)17-10(8)6-16/h3,12H,2,4-5H2,1H3. The molecule has 0 bridgehead atoms. The third-order valence-electron chi connectivity index (χ3n) is 2.32. The molecule has 0 radical (unpaired) electrons. The number of alkyl halides is 3. The first-order valence-electron chi connectivity index (χ1n) is 5.46. The second kappa shape index (κ2) is 7.14. The summed E-state index contributed by atoms with van der Waals surface area (Å²) in [5.41, 5.74) is -0.269. The van der Waals surface area contributed by atoms with Gasteiger partial charge >= 0.3 is 5.97 Å². The molecule has 0 fully saturated rings. The summed E-state index contributed by atoms with van der Waals surface area (Å²) in [4.78, 5) is 15.3. The van der Waals surface area contributed by atoms with Crippen LogP contribution < -0.4 is 0 Å². The van der Waals surface area contributed by atoms with Crippen molar-refractivity contribution in [2.45, 2.75) is 25.1 Å². The monoisotopic (exact) mass is 332 g/mol. The van der Waals surface area contributed by atoms with Crippen molar-refractivity contribution in [2.24, 2.45) is 0 Å². The molecule has 0 N–H and O–H groups in total. The van der Waals surface area contributed by atoms with Crippen molar-refractivity contribution < 1.29 is 18.3 Å². The number of halogens is 3. The van der Waals surface area contributed by atoms with E-state index in [0.717, 1.165) is 0 Å². The smallest absolute Gasteiger partial charge is 0.310 e. The second-order valence-corrected chi connectivity index (χ2v) is 4.12. The molecule has 0 aliphatic heterocycles. The van der Waals surface area contributed by atoms with Gasteiger partial charge in [-0.3, -0.25) is 4.79 Å². The predicted octanol–water partition coefficient (Wildman–Crippen LogP) is 2.89. The zero-order chi connectivity index (χ0) is 14.4. The number of carbonyl (C=O) groups is 1. The number of nitriles is 1. The number of hydrogen-bond donors (Lipinski definition) is 0. The summed E-state index contributed by atoms with van der Waals surface area (Å²) in [7, 11) is 0. The van der Waals surface area contributed by atoms with Crippen molar-refractivity contribution >= 4 is 21.9 Å². The summed E-state index contributed by atoms with van der Waals surface area (Å²) < 4.78 is 30.7. The Hall–Kier alpha value is -1.55. The molecule has 0 aromatic carbocycles. The molecule has 0 saturated heterocycles. The van der Waals surface area contributed by atoms with Gasteiger partial charge in [-0.05, 0) is 13.0 Å². The van der Waals surface area contributed by atoms with Gasteiger partial charge in [0.25, 0.3) is 6.43 Å². The summed E-state index contributed by atoms with van der Waals surface area (Å²) in [5, 5.41) is 9.21. The van der Waals surface area contributed by atoms with Crippen LogP contribution in [0.4, 0.5) is 8.78 Å². The first-order chi connectivity index (χ1) is 9.03. The molecule has 0 amide bonds. The van der Waals surface area contributed by atoms with Crippen LogP contribution in [-0.4, -0.2) is 17.6 Å². The van der Waals surface area contributed by atoms with Gasteiger partial charge in [0, 0.05) is 16.5 Å². The van der Waals surface area contributed by atoms with Crippen LogP contribution in [0.25, 0.3) is 0 Å². The number of aromatic nitrogens is 1. The molecular formula is C12H11BrF2N2O2. The van der Waals surface area contributed by atoms with E-state index >= 15 is 0 Å². The minimum absolute atomic E-state index is 0.0688. The van der Waals surface area contributed by atoms with Gasteiger partial charge < -0.3 is 4.74 Å². The van der Waals surface area contributed by atoms with Gasteiger partial charge in [0.2, 0.25) is 0 Å². The highest BCUT2D eigenvalue weighted by atomic mass is 79.9. The lowest BCUT2D eigenvalue weighted by molar-refractivity contribution is -0.142. The van der Waals surface area contributed by atoms with Crippen LogP contribution in [0.5, 0.6) is 0 Å². The number of rotatable bonds is 5. The summed E-state index contributed by atoms with van der Waals surface area (Å²) in [6.07, 6.45) is -3.16. The quantitative estimate of drug-likeness (QED) is 0.614. The Morgan fingerprint density at radius 1 is 1.63 bits per heavy atom. The average molecular weight is 333 g/mol. The van der Waals surface area contributed by atoms with Crippen LogP contribution in [0, 0.1) is 11.3 Å². The lowest BCUT2D eigenvalue weighted by Crippen LogP contribution is -2.13. The molecule has 0 saturated carbocycles. The van der Waals surface area contributed by atoms with Crippen molar-refractivity contribution in [3.05, 3.63) is 28.6 Å². The molecule has 1 rings (SSSR count). The average Bonchev–Trinajstić information content (AvgIpc) is 2.38. The normalized spacial score (nSPS) is 10.3. The largest absolute Gasteiger partial charge is 0.466 e. The number of carbonyl (C=O) groups excluding carboxylic acids is 1. The molecule has 1 aromatic rings. The fraction of sp³-hybridized carbons (Fsp3) is 0.417. The van der Waals surface area contributed by atoms with Crippen LogP contribution in [-0.2, 0) is 21.3 Å². The second-order valence-electron chi connectivity index (χ2n) is 3.56. The maximum absolute atomic E-state index is 13.0. The fourth-order valence-corrected chi connectivity index (χ4v) is 1.83. The molecule has 4 nitrogen and oxygen atoms in total. The van der Waals surface area contributed by atoms with Gasteiger partial charge in [-0.2, -0.15) is 5.26 Å². The van der Waals surface area contributed by atoms with Gasteiger partial charge in [-0.1, -0.05) is 15.9 Å². The molecule has 1 heterocycles. The van der Waals surface area contributed by atoms with Gasteiger partial charge in [-0.15, -0.1) is 0 Å². The molecule has 1 aromatic heterocycles. The van der Waals surface area contributed by atoms with Gasteiger partial charge in [-0.25, -0.2) is 13.8 Å². The lowest BCUT2D eigenvalue weighted by Gasteiger charge is -2.11. The van der Waals surface area contributed by atoms with Crippen molar-refractivity contribution in [2.75, 3.05) is 6.61 Å². The highest BCUT2D eigenvalue weighted by molar-refractivity contribution is 9.08. The van der Waals surface area contributed by atoms with E-state index in [1.807, 2.05) is 0 Å². The van der Waals surface area contributed by atoms with E-state index in [1.54, 1.807) is 13.0 Å². The fourth-order valence-electron chi connectivity index (χ4n) is 1.54. The van der Waals surface area contributed by atoms with E-state index in [2.05, 4.69) is 20.9 Å². The van der Waals surface area contributed by atoms with E-state index < -0.39 is 12.4 Å². The Bertz CT molecular complexity index is 515. The Labute approximate surface area is 117 Å². The molecule has 0 aliphatic rings. The summed E-state index contributed by atoms with van der Waals surface area (Å²) >= 11 is 3.10. The van der Waals surface area contributed by atoms with Crippen molar-refractivity contribution in [1.82, 2.24) is 4.98 Å². The Balaban J connectivity index is 3.26. The summed E-state index contributed by atoms with van der Waals surface area (Å²) in [5.74, 6) is -0.658. The van der Waals surface area contributed by atoms with E-state index in [4.69, 9.17) is 10.00 Å². The third kappa shape index (κ3) is 3.96. The highest BCUT2D eigenvalue weighted by Gasteiger charge is 2.21. The minimum atomic E-state index is -2.78. The van der Waals surface area contributed by atoms with E-state index in [9.17, 15) is 13.6 Å². The molecule has 0 unspecified atom stereocenters. The van der Waals surface area contributed by atoms with Crippen LogP contribution in [0.2, 0.25) is 0 Å². The zero-order valence-electron chi connectivity index (χ0n) is 10.1. The molecule has 7 heteroatoms. The number of pyridine rings is 1. The predicted molar refractivity (Wildman–Crippen MR) is 66.9 cm³/mol. The zero-order valence-corrected chi connectivity index (χ0v) is 11.7. The number of nitrogens with zero attached hydrogens (tertiary/aromatic N) is 2.